The molecule has 1 heterocycles. The third kappa shape index (κ3) is 5.79. The summed E-state index contributed by atoms with van der Waals surface area (Å²) in [7, 11) is 0. The number of carbonyl (C=O) groups is 2. The molecular weight excluding hydrogens is 390 g/mol. The normalized spacial score (nSPS) is 19.0. The predicted molar refractivity (Wildman–Crippen MR) is 110 cm³/mol. The number of ether oxygens (including phenoxy) is 1. The molecule has 0 saturated heterocycles. The SMILES string of the molecule is Cc1ccc(C)c(-n2nnnc2SCC(=O)OCC(=O)N[C@@H]2CCCC[C@H]2C)c1. The van der Waals surface area contributed by atoms with Gasteiger partial charge < -0.3 is 10.1 Å². The number of aryl methyl sites for hydroxylation is 2. The quantitative estimate of drug-likeness (QED) is 0.546. The second-order valence-corrected chi connectivity index (χ2v) is 8.49. The van der Waals surface area contributed by atoms with Crippen LogP contribution >= 0.6 is 11.8 Å². The van der Waals surface area contributed by atoms with Gasteiger partial charge in [0.15, 0.2) is 6.61 Å². The average Bonchev–Trinajstić information content (AvgIpc) is 3.17. The van der Waals surface area contributed by atoms with Crippen LogP contribution in [0.25, 0.3) is 5.69 Å². The van der Waals surface area contributed by atoms with Crippen molar-refractivity contribution in [2.75, 3.05) is 12.4 Å². The molecule has 1 saturated carbocycles. The maximum Gasteiger partial charge on any atom is 0.316 e. The van der Waals surface area contributed by atoms with Crippen molar-refractivity contribution in [3.05, 3.63) is 29.3 Å². The molecule has 1 aliphatic rings. The Morgan fingerprint density at radius 3 is 2.86 bits per heavy atom. The third-order valence-electron chi connectivity index (χ3n) is 5.17. The number of rotatable bonds is 7. The van der Waals surface area contributed by atoms with Gasteiger partial charge in [-0.25, -0.2) is 0 Å². The smallest absolute Gasteiger partial charge is 0.316 e. The maximum absolute atomic E-state index is 12.1. The standard InChI is InChI=1S/C20H27N5O3S/c1-13-8-9-15(3)17(10-13)25-20(22-23-24-25)29-12-19(27)28-11-18(26)21-16-7-5-4-6-14(16)2/h8-10,14,16H,4-7,11-12H2,1-3H3,(H,21,26)/t14-,16-/m1/s1. The number of thioether (sulfide) groups is 1. The minimum Gasteiger partial charge on any atom is -0.455 e. The van der Waals surface area contributed by atoms with Gasteiger partial charge in [-0.1, -0.05) is 43.7 Å². The second kappa shape index (κ2) is 9.87. The van der Waals surface area contributed by atoms with Crippen LogP contribution in [-0.4, -0.2) is 50.5 Å². The van der Waals surface area contributed by atoms with Crippen LogP contribution in [0.15, 0.2) is 23.4 Å². The molecule has 1 amide bonds. The molecular formula is C20H27N5O3S. The van der Waals surface area contributed by atoms with E-state index in [1.807, 2.05) is 32.0 Å². The van der Waals surface area contributed by atoms with E-state index in [-0.39, 0.29) is 24.3 Å². The van der Waals surface area contributed by atoms with E-state index in [9.17, 15) is 9.59 Å². The Hall–Kier alpha value is -2.42. The minimum absolute atomic E-state index is 0.0261. The van der Waals surface area contributed by atoms with Crippen LogP contribution in [-0.2, 0) is 14.3 Å². The fourth-order valence-electron chi connectivity index (χ4n) is 3.46. The summed E-state index contributed by atoms with van der Waals surface area (Å²) in [5.41, 5.74) is 2.99. The summed E-state index contributed by atoms with van der Waals surface area (Å²) >= 11 is 1.18. The van der Waals surface area contributed by atoms with E-state index in [0.29, 0.717) is 11.1 Å². The van der Waals surface area contributed by atoms with E-state index in [1.165, 1.54) is 18.2 Å². The Morgan fingerprint density at radius 2 is 2.07 bits per heavy atom. The van der Waals surface area contributed by atoms with Crippen LogP contribution in [0.1, 0.15) is 43.7 Å². The fraction of sp³-hybridized carbons (Fsp3) is 0.550. The molecule has 0 radical (unpaired) electrons. The van der Waals surface area contributed by atoms with Crippen molar-refractivity contribution in [3.8, 4) is 5.69 Å². The third-order valence-corrected chi connectivity index (χ3v) is 6.07. The molecule has 1 fully saturated rings. The molecule has 8 nitrogen and oxygen atoms in total. The van der Waals surface area contributed by atoms with Gasteiger partial charge in [-0.2, -0.15) is 4.68 Å². The summed E-state index contributed by atoms with van der Waals surface area (Å²) < 4.78 is 6.73. The number of nitrogens with zero attached hydrogens (tertiary/aromatic N) is 4. The summed E-state index contributed by atoms with van der Waals surface area (Å²) in [6.45, 7) is 5.86. The lowest BCUT2D eigenvalue weighted by atomic mass is 9.86. The van der Waals surface area contributed by atoms with Gasteiger partial charge in [-0.15, -0.1) is 5.10 Å². The van der Waals surface area contributed by atoms with E-state index >= 15 is 0 Å². The van der Waals surface area contributed by atoms with Gasteiger partial charge in [-0.3, -0.25) is 9.59 Å². The van der Waals surface area contributed by atoms with E-state index in [0.717, 1.165) is 36.1 Å². The van der Waals surface area contributed by atoms with E-state index in [4.69, 9.17) is 4.74 Å². The molecule has 1 aliphatic carbocycles. The molecule has 3 rings (SSSR count). The number of carbonyl (C=O) groups excluding carboxylic acids is 2. The highest BCUT2D eigenvalue weighted by molar-refractivity contribution is 7.99. The lowest BCUT2D eigenvalue weighted by Crippen LogP contribution is -2.43. The summed E-state index contributed by atoms with van der Waals surface area (Å²) in [4.78, 5) is 24.1. The van der Waals surface area contributed by atoms with Crippen LogP contribution < -0.4 is 5.32 Å². The lowest BCUT2D eigenvalue weighted by molar-refractivity contribution is -0.146. The minimum atomic E-state index is -0.475. The topological polar surface area (TPSA) is 99.0 Å². The van der Waals surface area contributed by atoms with Crippen LogP contribution in [0.4, 0.5) is 0 Å². The van der Waals surface area contributed by atoms with Crippen molar-refractivity contribution in [3.63, 3.8) is 0 Å². The number of nitrogens with one attached hydrogen (secondary N) is 1. The van der Waals surface area contributed by atoms with Crippen LogP contribution in [0, 0.1) is 19.8 Å². The number of hydrogen-bond acceptors (Lipinski definition) is 7. The Bertz CT molecular complexity index is 870. The van der Waals surface area contributed by atoms with Crippen LogP contribution in [0.5, 0.6) is 0 Å². The molecule has 156 valence electrons. The molecule has 2 aromatic rings. The molecule has 0 aliphatic heterocycles. The molecule has 0 bridgehead atoms. The van der Waals surface area contributed by atoms with E-state index in [1.54, 1.807) is 4.68 Å². The Morgan fingerprint density at radius 1 is 1.28 bits per heavy atom. The highest BCUT2D eigenvalue weighted by Gasteiger charge is 2.23. The zero-order valence-corrected chi connectivity index (χ0v) is 17.9. The number of hydrogen-bond donors (Lipinski definition) is 1. The van der Waals surface area contributed by atoms with E-state index in [2.05, 4.69) is 27.8 Å². The number of benzene rings is 1. The molecule has 1 aromatic carbocycles. The zero-order chi connectivity index (χ0) is 20.8. The van der Waals surface area contributed by atoms with Crippen LogP contribution in [0.2, 0.25) is 0 Å². The van der Waals surface area contributed by atoms with E-state index < -0.39 is 5.97 Å². The zero-order valence-electron chi connectivity index (χ0n) is 17.1. The highest BCUT2D eigenvalue weighted by Crippen LogP contribution is 2.24. The number of tetrazole rings is 1. The van der Waals surface area contributed by atoms with Gasteiger partial charge in [0.2, 0.25) is 5.16 Å². The first-order valence-corrected chi connectivity index (χ1v) is 10.9. The van der Waals surface area contributed by atoms with Gasteiger partial charge in [0.1, 0.15) is 0 Å². The van der Waals surface area contributed by atoms with Crippen molar-refractivity contribution in [2.24, 2.45) is 5.92 Å². The van der Waals surface area contributed by atoms with Gasteiger partial charge >= 0.3 is 5.97 Å². The number of amides is 1. The van der Waals surface area contributed by atoms with Crippen molar-refractivity contribution >= 4 is 23.6 Å². The number of esters is 1. The Labute approximate surface area is 174 Å². The summed E-state index contributed by atoms with van der Waals surface area (Å²) in [5.74, 6) is -0.235. The molecule has 0 unspecified atom stereocenters. The first-order valence-electron chi connectivity index (χ1n) is 9.88. The summed E-state index contributed by atoms with van der Waals surface area (Å²) in [6.07, 6.45) is 4.44. The summed E-state index contributed by atoms with van der Waals surface area (Å²) in [6, 6.07) is 6.18. The van der Waals surface area contributed by atoms with Crippen molar-refractivity contribution in [1.82, 2.24) is 25.5 Å². The van der Waals surface area contributed by atoms with Gasteiger partial charge in [0.05, 0.1) is 11.4 Å². The van der Waals surface area contributed by atoms with Crippen molar-refractivity contribution in [1.29, 1.82) is 0 Å². The summed E-state index contributed by atoms with van der Waals surface area (Å²) in [5, 5.41) is 15.2. The average molecular weight is 418 g/mol. The number of aromatic nitrogens is 4. The largest absolute Gasteiger partial charge is 0.455 e. The van der Waals surface area contributed by atoms with Crippen LogP contribution in [0.3, 0.4) is 0 Å². The van der Waals surface area contributed by atoms with Gasteiger partial charge in [0, 0.05) is 6.04 Å². The van der Waals surface area contributed by atoms with Crippen molar-refractivity contribution in [2.45, 2.75) is 57.7 Å². The Kier molecular flexibility index (Phi) is 7.24. The monoisotopic (exact) mass is 417 g/mol. The molecule has 29 heavy (non-hydrogen) atoms. The van der Waals surface area contributed by atoms with Gasteiger partial charge in [0.25, 0.3) is 5.91 Å². The lowest BCUT2D eigenvalue weighted by Gasteiger charge is -2.29. The van der Waals surface area contributed by atoms with Gasteiger partial charge in [-0.05, 0) is 60.2 Å². The molecule has 2 atom stereocenters. The second-order valence-electron chi connectivity index (χ2n) is 7.55. The first kappa shape index (κ1) is 21.3. The molecule has 1 aromatic heterocycles. The fourth-order valence-corrected chi connectivity index (χ4v) is 4.14. The highest BCUT2D eigenvalue weighted by atomic mass is 32.2. The molecule has 1 N–H and O–H groups in total. The predicted octanol–water partition coefficient (Wildman–Crippen LogP) is 2.61. The molecule has 0 spiro atoms. The first-order chi connectivity index (χ1) is 13.9. The maximum atomic E-state index is 12.1. The van der Waals surface area contributed by atoms with Crippen molar-refractivity contribution < 1.29 is 14.3 Å². The molecule has 9 heteroatoms. The Balaban J connectivity index is 1.48.